The fraction of sp³-hybridized carbons (Fsp3) is 0.0870. The Morgan fingerprint density at radius 3 is 2.17 bits per heavy atom. The Bertz CT molecular complexity index is 1250. The van der Waals surface area contributed by atoms with E-state index in [-0.39, 0.29) is 11.2 Å². The number of hydrogen-bond acceptors (Lipinski definition) is 2. The van der Waals surface area contributed by atoms with Crippen LogP contribution in [-0.4, -0.2) is 11.3 Å². The number of aromatic nitrogens is 1. The largest absolute Gasteiger partial charge is 0.573 e. The molecule has 0 spiro atoms. The number of fused-ring (bicyclic) bond motifs is 1. The molecule has 152 valence electrons. The zero-order valence-corrected chi connectivity index (χ0v) is 16.2. The minimum absolute atomic E-state index is 0.158. The zero-order valence-electron chi connectivity index (χ0n) is 15.5. The van der Waals surface area contributed by atoms with E-state index >= 15 is 0 Å². The highest BCUT2D eigenvalue weighted by Crippen LogP contribution is 2.25. The Balaban J connectivity index is 1.53. The third kappa shape index (κ3) is 4.49. The molecule has 0 atom stereocenters. The molecule has 3 aromatic carbocycles. The molecule has 3 nitrogen and oxygen atoms in total. The molecule has 0 aliphatic rings. The molecule has 0 unspecified atom stereocenters. The van der Waals surface area contributed by atoms with Crippen LogP contribution in [0.25, 0.3) is 22.2 Å². The van der Waals surface area contributed by atoms with Gasteiger partial charge in [-0.2, -0.15) is 0 Å². The number of nitrogens with one attached hydrogen (secondary N) is 1. The van der Waals surface area contributed by atoms with Crippen molar-refractivity contribution in [2.24, 2.45) is 0 Å². The van der Waals surface area contributed by atoms with Gasteiger partial charge in [0.15, 0.2) is 5.43 Å². The van der Waals surface area contributed by atoms with Crippen molar-refractivity contribution in [3.05, 3.63) is 99.2 Å². The first kappa shape index (κ1) is 20.0. The molecule has 1 aromatic heterocycles. The Labute approximate surface area is 174 Å². The van der Waals surface area contributed by atoms with Crippen LogP contribution in [0.2, 0.25) is 5.02 Å². The number of H-pyrrole nitrogens is 1. The minimum atomic E-state index is -4.70. The summed E-state index contributed by atoms with van der Waals surface area (Å²) in [6.07, 6.45) is -4.15. The number of aromatic amines is 1. The fourth-order valence-corrected chi connectivity index (χ4v) is 3.53. The maximum Gasteiger partial charge on any atom is 0.573 e. The molecule has 0 fully saturated rings. The SMILES string of the molecule is O=c1cc(-c2ccc(Cc3ccc(OC(F)(F)F)cc3)cc2)[nH]c2cccc(Cl)c12. The Kier molecular flexibility index (Phi) is 5.26. The van der Waals surface area contributed by atoms with E-state index in [1.165, 1.54) is 18.2 Å². The second kappa shape index (κ2) is 7.88. The summed E-state index contributed by atoms with van der Waals surface area (Å²) in [5.74, 6) is -0.248. The monoisotopic (exact) mass is 429 g/mol. The van der Waals surface area contributed by atoms with Crippen LogP contribution < -0.4 is 10.2 Å². The van der Waals surface area contributed by atoms with E-state index in [2.05, 4.69) is 9.72 Å². The van der Waals surface area contributed by atoms with Crippen molar-refractivity contribution in [2.75, 3.05) is 0 Å². The summed E-state index contributed by atoms with van der Waals surface area (Å²) in [4.78, 5) is 15.7. The van der Waals surface area contributed by atoms with E-state index in [0.717, 1.165) is 16.7 Å². The maximum absolute atomic E-state index is 12.4. The molecule has 0 bridgehead atoms. The summed E-state index contributed by atoms with van der Waals surface area (Å²) in [5, 5.41) is 0.861. The lowest BCUT2D eigenvalue weighted by molar-refractivity contribution is -0.274. The average Bonchev–Trinajstić information content (AvgIpc) is 2.69. The van der Waals surface area contributed by atoms with E-state index in [1.807, 2.05) is 24.3 Å². The van der Waals surface area contributed by atoms with Gasteiger partial charge < -0.3 is 9.72 Å². The number of hydrogen-bond donors (Lipinski definition) is 1. The number of ether oxygens (including phenoxy) is 1. The van der Waals surface area contributed by atoms with Gasteiger partial charge >= 0.3 is 6.36 Å². The fourth-order valence-electron chi connectivity index (χ4n) is 3.27. The first-order chi connectivity index (χ1) is 14.3. The molecule has 0 amide bonds. The van der Waals surface area contributed by atoms with Crippen molar-refractivity contribution in [3.8, 4) is 17.0 Å². The van der Waals surface area contributed by atoms with Gasteiger partial charge in [0.05, 0.1) is 15.9 Å². The van der Waals surface area contributed by atoms with Gasteiger partial charge in [-0.25, -0.2) is 0 Å². The van der Waals surface area contributed by atoms with Gasteiger partial charge in [-0.1, -0.05) is 54.1 Å². The topological polar surface area (TPSA) is 42.1 Å². The van der Waals surface area contributed by atoms with E-state index in [1.54, 1.807) is 30.3 Å². The lowest BCUT2D eigenvalue weighted by Gasteiger charge is -2.10. The second-order valence-corrected chi connectivity index (χ2v) is 7.18. The van der Waals surface area contributed by atoms with Crippen molar-refractivity contribution in [1.29, 1.82) is 0 Å². The Morgan fingerprint density at radius 2 is 1.53 bits per heavy atom. The Hall–Kier alpha value is -3.25. The van der Waals surface area contributed by atoms with Crippen LogP contribution in [-0.2, 0) is 6.42 Å². The number of halogens is 4. The lowest BCUT2D eigenvalue weighted by Crippen LogP contribution is -2.17. The summed E-state index contributed by atoms with van der Waals surface area (Å²) in [6, 6.07) is 20.1. The van der Waals surface area contributed by atoms with Gasteiger partial charge in [0, 0.05) is 11.8 Å². The third-order valence-corrected chi connectivity index (χ3v) is 4.95. The van der Waals surface area contributed by atoms with Crippen molar-refractivity contribution in [1.82, 2.24) is 4.98 Å². The average molecular weight is 430 g/mol. The van der Waals surface area contributed by atoms with Gasteiger partial charge in [0.25, 0.3) is 0 Å². The zero-order chi connectivity index (χ0) is 21.3. The Morgan fingerprint density at radius 1 is 0.900 bits per heavy atom. The summed E-state index contributed by atoms with van der Waals surface area (Å²) in [7, 11) is 0. The molecule has 1 N–H and O–H groups in total. The van der Waals surface area contributed by atoms with E-state index in [4.69, 9.17) is 11.6 Å². The molecule has 7 heteroatoms. The first-order valence-corrected chi connectivity index (χ1v) is 9.42. The van der Waals surface area contributed by atoms with Crippen LogP contribution in [0.15, 0.2) is 77.6 Å². The van der Waals surface area contributed by atoms with Crippen LogP contribution in [0, 0.1) is 0 Å². The van der Waals surface area contributed by atoms with Crippen LogP contribution in [0.5, 0.6) is 5.75 Å². The van der Waals surface area contributed by atoms with Crippen molar-refractivity contribution in [2.45, 2.75) is 12.8 Å². The van der Waals surface area contributed by atoms with Gasteiger partial charge in [0.1, 0.15) is 5.75 Å². The summed E-state index contributed by atoms with van der Waals surface area (Å²) in [5.41, 5.74) is 3.85. The number of rotatable bonds is 4. The normalized spacial score (nSPS) is 11.6. The highest BCUT2D eigenvalue weighted by molar-refractivity contribution is 6.35. The standard InChI is InChI=1S/C23H15ClF3NO2/c24-18-2-1-3-19-22(18)21(29)13-20(28-19)16-8-4-14(5-9-16)12-15-6-10-17(11-7-15)30-23(25,26)27/h1-11,13H,12H2,(H,28,29). The van der Waals surface area contributed by atoms with Gasteiger partial charge in [-0.05, 0) is 47.4 Å². The van der Waals surface area contributed by atoms with E-state index < -0.39 is 6.36 Å². The van der Waals surface area contributed by atoms with Crippen LogP contribution in [0.3, 0.4) is 0 Å². The smallest absolute Gasteiger partial charge is 0.406 e. The predicted octanol–water partition coefficient (Wildman–Crippen LogP) is 6.34. The lowest BCUT2D eigenvalue weighted by atomic mass is 10.0. The number of alkyl halides is 3. The van der Waals surface area contributed by atoms with Crippen LogP contribution in [0.1, 0.15) is 11.1 Å². The second-order valence-electron chi connectivity index (χ2n) is 6.78. The van der Waals surface area contributed by atoms with Gasteiger partial charge in [-0.15, -0.1) is 13.2 Å². The summed E-state index contributed by atoms with van der Waals surface area (Å²) >= 11 is 6.12. The van der Waals surface area contributed by atoms with Gasteiger partial charge in [0.2, 0.25) is 0 Å². The quantitative estimate of drug-likeness (QED) is 0.411. The molecule has 30 heavy (non-hydrogen) atoms. The van der Waals surface area contributed by atoms with Crippen molar-refractivity contribution < 1.29 is 17.9 Å². The highest BCUT2D eigenvalue weighted by Gasteiger charge is 2.30. The third-order valence-electron chi connectivity index (χ3n) is 4.63. The van der Waals surface area contributed by atoms with Crippen molar-refractivity contribution in [3.63, 3.8) is 0 Å². The summed E-state index contributed by atoms with van der Waals surface area (Å²) in [6.45, 7) is 0. The highest BCUT2D eigenvalue weighted by atomic mass is 35.5. The number of benzene rings is 3. The molecule has 0 radical (unpaired) electrons. The number of pyridine rings is 1. The predicted molar refractivity (Wildman–Crippen MR) is 111 cm³/mol. The molecular formula is C23H15ClF3NO2. The van der Waals surface area contributed by atoms with Crippen LogP contribution >= 0.6 is 11.6 Å². The van der Waals surface area contributed by atoms with E-state index in [0.29, 0.717) is 28.0 Å². The first-order valence-electron chi connectivity index (χ1n) is 9.04. The molecule has 4 rings (SSSR count). The summed E-state index contributed by atoms with van der Waals surface area (Å²) < 4.78 is 40.6. The van der Waals surface area contributed by atoms with Crippen LogP contribution in [0.4, 0.5) is 13.2 Å². The van der Waals surface area contributed by atoms with E-state index in [9.17, 15) is 18.0 Å². The minimum Gasteiger partial charge on any atom is -0.406 e. The van der Waals surface area contributed by atoms with Crippen molar-refractivity contribution >= 4 is 22.5 Å². The molecule has 0 saturated carbocycles. The molecule has 0 aliphatic carbocycles. The van der Waals surface area contributed by atoms with Gasteiger partial charge in [-0.3, -0.25) is 4.79 Å². The molecule has 0 aliphatic heterocycles. The molecule has 1 heterocycles. The molecule has 4 aromatic rings. The maximum atomic E-state index is 12.4. The molecule has 0 saturated heterocycles. The molecular weight excluding hydrogens is 415 g/mol.